The maximum atomic E-state index is 12.6. The van der Waals surface area contributed by atoms with Crippen LogP contribution in [0.5, 0.6) is 11.5 Å². The number of carboxylic acids is 1. The lowest BCUT2D eigenvalue weighted by atomic mass is 9.95. The molecule has 0 unspecified atom stereocenters. The second-order valence-corrected chi connectivity index (χ2v) is 9.27. The van der Waals surface area contributed by atoms with E-state index in [0.29, 0.717) is 33.9 Å². The standard InChI is InChI=1S/C30H30N4O9/c1-5-41-29(38)26-17(3)32-30(39)33-27(26)18-9-11-23(24(13-18)40-4)42-15-25(35)34-31-14-19-10-12-22(43-19)20-7-6-8-21(16(20)2)28(36)37/h6-14,27H,5,15H2,1-4H3,(H,34,35)(H,36,37)(H2,32,33,39)/b31-14-/t27-/m1/s1. The molecule has 224 valence electrons. The molecule has 4 rings (SSSR count). The fourth-order valence-electron chi connectivity index (χ4n) is 4.45. The minimum Gasteiger partial charge on any atom is -0.493 e. The molecule has 0 saturated heterocycles. The highest BCUT2D eigenvalue weighted by Crippen LogP contribution is 2.34. The van der Waals surface area contributed by atoms with Crippen LogP contribution in [0.1, 0.15) is 47.1 Å². The summed E-state index contributed by atoms with van der Waals surface area (Å²) in [4.78, 5) is 48.5. The number of furan rings is 1. The van der Waals surface area contributed by atoms with E-state index in [0.717, 1.165) is 0 Å². The number of carbonyl (C=O) groups excluding carboxylic acids is 3. The number of esters is 1. The van der Waals surface area contributed by atoms with Gasteiger partial charge in [-0.2, -0.15) is 5.10 Å². The summed E-state index contributed by atoms with van der Waals surface area (Å²) in [6.07, 6.45) is 1.30. The molecule has 1 aromatic heterocycles. The molecule has 3 aromatic rings. The average molecular weight is 591 g/mol. The Labute approximate surface area is 246 Å². The Morgan fingerprint density at radius 2 is 1.91 bits per heavy atom. The fourth-order valence-corrected chi connectivity index (χ4v) is 4.45. The quantitative estimate of drug-likeness (QED) is 0.147. The van der Waals surface area contributed by atoms with Crippen LogP contribution in [0, 0.1) is 6.92 Å². The SMILES string of the molecule is CCOC(=O)C1=C(C)NC(=O)N[C@@H]1c1ccc(OCC(=O)N/N=C\c2ccc(-c3cccc(C(=O)O)c3C)o2)c(OC)c1. The molecule has 0 radical (unpaired) electrons. The third kappa shape index (κ3) is 7.01. The number of hydrogen-bond donors (Lipinski definition) is 4. The maximum Gasteiger partial charge on any atom is 0.338 e. The van der Waals surface area contributed by atoms with Crippen molar-refractivity contribution in [1.29, 1.82) is 0 Å². The van der Waals surface area contributed by atoms with Crippen LogP contribution in [0.3, 0.4) is 0 Å². The number of benzene rings is 2. The zero-order chi connectivity index (χ0) is 31.1. The number of allylic oxidation sites excluding steroid dienone is 1. The number of ether oxygens (including phenoxy) is 3. The first kappa shape index (κ1) is 30.4. The summed E-state index contributed by atoms with van der Waals surface area (Å²) in [5, 5.41) is 18.5. The van der Waals surface area contributed by atoms with Crippen molar-refractivity contribution in [2.45, 2.75) is 26.8 Å². The molecule has 1 aliphatic heterocycles. The number of nitrogens with zero attached hydrogens (tertiary/aromatic N) is 1. The van der Waals surface area contributed by atoms with Gasteiger partial charge in [-0.05, 0) is 62.2 Å². The third-order valence-corrected chi connectivity index (χ3v) is 6.48. The number of urea groups is 1. The molecule has 3 amide bonds. The minimum absolute atomic E-state index is 0.170. The summed E-state index contributed by atoms with van der Waals surface area (Å²) < 4.78 is 21.9. The number of amides is 3. The molecule has 0 fully saturated rings. The van der Waals surface area contributed by atoms with Crippen LogP contribution in [0.4, 0.5) is 4.79 Å². The van der Waals surface area contributed by atoms with Crippen molar-refractivity contribution in [3.05, 3.63) is 82.3 Å². The molecule has 2 aromatic carbocycles. The van der Waals surface area contributed by atoms with E-state index in [2.05, 4.69) is 21.2 Å². The molecular formula is C30H30N4O9. The van der Waals surface area contributed by atoms with Gasteiger partial charge in [-0.1, -0.05) is 18.2 Å². The van der Waals surface area contributed by atoms with Gasteiger partial charge < -0.3 is 34.4 Å². The summed E-state index contributed by atoms with van der Waals surface area (Å²) in [6, 6.07) is 11.7. The van der Waals surface area contributed by atoms with Gasteiger partial charge in [0.2, 0.25) is 0 Å². The molecule has 43 heavy (non-hydrogen) atoms. The lowest BCUT2D eigenvalue weighted by molar-refractivity contribution is -0.139. The van der Waals surface area contributed by atoms with Crippen molar-refractivity contribution in [2.24, 2.45) is 5.10 Å². The molecule has 1 aliphatic rings. The van der Waals surface area contributed by atoms with Crippen LogP contribution in [-0.2, 0) is 14.3 Å². The van der Waals surface area contributed by atoms with Gasteiger partial charge in [0.1, 0.15) is 11.5 Å². The van der Waals surface area contributed by atoms with E-state index in [9.17, 15) is 24.3 Å². The van der Waals surface area contributed by atoms with Crippen molar-refractivity contribution in [3.8, 4) is 22.8 Å². The Bertz CT molecular complexity index is 1620. The topological polar surface area (TPSA) is 178 Å². The Hall–Kier alpha value is -5.59. The molecule has 0 aliphatic carbocycles. The maximum absolute atomic E-state index is 12.6. The van der Waals surface area contributed by atoms with E-state index in [1.807, 2.05) is 0 Å². The fraction of sp³-hybridized carbons (Fsp3) is 0.233. The molecule has 13 nitrogen and oxygen atoms in total. The lowest BCUT2D eigenvalue weighted by Crippen LogP contribution is -2.45. The van der Waals surface area contributed by atoms with E-state index in [1.54, 1.807) is 63.2 Å². The Morgan fingerprint density at radius 3 is 2.63 bits per heavy atom. The monoisotopic (exact) mass is 590 g/mol. The van der Waals surface area contributed by atoms with Crippen molar-refractivity contribution >= 4 is 30.1 Å². The van der Waals surface area contributed by atoms with E-state index >= 15 is 0 Å². The number of rotatable bonds is 11. The third-order valence-electron chi connectivity index (χ3n) is 6.48. The van der Waals surface area contributed by atoms with Crippen molar-refractivity contribution in [2.75, 3.05) is 20.3 Å². The Morgan fingerprint density at radius 1 is 1.12 bits per heavy atom. The predicted molar refractivity (Wildman–Crippen MR) is 154 cm³/mol. The highest BCUT2D eigenvalue weighted by Gasteiger charge is 2.32. The summed E-state index contributed by atoms with van der Waals surface area (Å²) >= 11 is 0. The first-order valence-electron chi connectivity index (χ1n) is 13.1. The van der Waals surface area contributed by atoms with Gasteiger partial charge in [-0.15, -0.1) is 0 Å². The molecule has 4 N–H and O–H groups in total. The second kappa shape index (κ2) is 13.4. The zero-order valence-electron chi connectivity index (χ0n) is 23.8. The van der Waals surface area contributed by atoms with Crippen LogP contribution >= 0.6 is 0 Å². The first-order chi connectivity index (χ1) is 20.6. The number of methoxy groups -OCH3 is 1. The average Bonchev–Trinajstić information content (AvgIpc) is 3.44. The molecule has 0 bridgehead atoms. The first-order valence-corrected chi connectivity index (χ1v) is 13.1. The van der Waals surface area contributed by atoms with Gasteiger partial charge in [-0.25, -0.2) is 19.8 Å². The number of nitrogens with one attached hydrogen (secondary N) is 3. The molecule has 2 heterocycles. The number of hydrazone groups is 1. The zero-order valence-corrected chi connectivity index (χ0v) is 23.8. The highest BCUT2D eigenvalue weighted by molar-refractivity contribution is 5.95. The van der Waals surface area contributed by atoms with E-state index < -0.39 is 36.5 Å². The molecule has 1 atom stereocenters. The van der Waals surface area contributed by atoms with E-state index in [-0.39, 0.29) is 29.2 Å². The van der Waals surface area contributed by atoms with Crippen LogP contribution in [0.25, 0.3) is 11.3 Å². The van der Waals surface area contributed by atoms with Crippen LogP contribution in [0.15, 0.2) is 69.3 Å². The summed E-state index contributed by atoms with van der Waals surface area (Å²) in [7, 11) is 1.42. The molecular weight excluding hydrogens is 560 g/mol. The van der Waals surface area contributed by atoms with Gasteiger partial charge >= 0.3 is 18.0 Å². The summed E-state index contributed by atoms with van der Waals surface area (Å²) in [5.41, 5.74) is 4.87. The van der Waals surface area contributed by atoms with Crippen LogP contribution in [0.2, 0.25) is 0 Å². The van der Waals surface area contributed by atoms with Crippen molar-refractivity contribution in [1.82, 2.24) is 16.1 Å². The highest BCUT2D eigenvalue weighted by atomic mass is 16.5. The van der Waals surface area contributed by atoms with E-state index in [1.165, 1.54) is 19.4 Å². The molecule has 0 spiro atoms. The van der Waals surface area contributed by atoms with Crippen LogP contribution in [-0.4, -0.2) is 55.5 Å². The largest absolute Gasteiger partial charge is 0.493 e. The number of carboxylic acid groups (broad SMARTS) is 1. The molecule has 0 saturated carbocycles. The van der Waals surface area contributed by atoms with Gasteiger partial charge in [0.05, 0.1) is 37.1 Å². The Kier molecular flexibility index (Phi) is 9.45. The van der Waals surface area contributed by atoms with Crippen LogP contribution < -0.4 is 25.5 Å². The number of aromatic carboxylic acids is 1. The normalized spacial score (nSPS) is 14.6. The van der Waals surface area contributed by atoms with Crippen molar-refractivity contribution < 1.29 is 42.9 Å². The summed E-state index contributed by atoms with van der Waals surface area (Å²) in [5.74, 6) is -0.847. The predicted octanol–water partition coefficient (Wildman–Crippen LogP) is 3.68. The summed E-state index contributed by atoms with van der Waals surface area (Å²) in [6.45, 7) is 4.77. The van der Waals surface area contributed by atoms with E-state index in [4.69, 9.17) is 18.6 Å². The number of carbonyl (C=O) groups is 4. The van der Waals surface area contributed by atoms with Gasteiger partial charge in [0, 0.05) is 11.3 Å². The van der Waals surface area contributed by atoms with Gasteiger partial charge in [-0.3, -0.25) is 4.79 Å². The molecule has 13 heteroatoms. The smallest absolute Gasteiger partial charge is 0.338 e. The Balaban J connectivity index is 1.39. The second-order valence-electron chi connectivity index (χ2n) is 9.27. The van der Waals surface area contributed by atoms with Gasteiger partial charge in [0.25, 0.3) is 5.91 Å². The van der Waals surface area contributed by atoms with Gasteiger partial charge in [0.15, 0.2) is 18.1 Å². The lowest BCUT2D eigenvalue weighted by Gasteiger charge is -2.28. The van der Waals surface area contributed by atoms with Crippen molar-refractivity contribution in [3.63, 3.8) is 0 Å². The minimum atomic E-state index is -1.03. The number of hydrogen-bond acceptors (Lipinski definition) is 9.